The van der Waals surface area contributed by atoms with E-state index in [2.05, 4.69) is 10.2 Å². The predicted octanol–water partition coefficient (Wildman–Crippen LogP) is 1.85. The highest BCUT2D eigenvalue weighted by Crippen LogP contribution is 2.20. The fraction of sp³-hybridized carbons (Fsp3) is 0.444. The fourth-order valence-electron chi connectivity index (χ4n) is 0.714. The molecule has 0 amide bonds. The van der Waals surface area contributed by atoms with Crippen LogP contribution in [-0.4, -0.2) is 21.2 Å². The SMILES string of the molecule is CC(=O)C(C)Sc1ccc(C)nn1. The van der Waals surface area contributed by atoms with Gasteiger partial charge in [-0.25, -0.2) is 0 Å². The number of ketones is 1. The number of nitrogens with zero attached hydrogens (tertiary/aromatic N) is 2. The number of hydrogen-bond donors (Lipinski definition) is 0. The Bertz CT molecular complexity index is 297. The number of rotatable bonds is 3. The molecule has 70 valence electrons. The van der Waals surface area contributed by atoms with Crippen LogP contribution >= 0.6 is 11.8 Å². The Morgan fingerprint density at radius 2 is 2.15 bits per heavy atom. The second-order valence-electron chi connectivity index (χ2n) is 2.88. The highest BCUT2D eigenvalue weighted by atomic mass is 32.2. The molecule has 0 aliphatic carbocycles. The third-order valence-electron chi connectivity index (χ3n) is 1.64. The smallest absolute Gasteiger partial charge is 0.142 e. The Labute approximate surface area is 81.9 Å². The molecule has 0 fully saturated rings. The van der Waals surface area contributed by atoms with Gasteiger partial charge in [0.15, 0.2) is 0 Å². The Kier molecular flexibility index (Phi) is 3.42. The van der Waals surface area contributed by atoms with Gasteiger partial charge < -0.3 is 0 Å². The zero-order valence-electron chi connectivity index (χ0n) is 7.94. The molecule has 1 aromatic rings. The number of thioether (sulfide) groups is 1. The maximum atomic E-state index is 10.9. The molecule has 1 aromatic heterocycles. The van der Waals surface area contributed by atoms with E-state index in [0.717, 1.165) is 10.7 Å². The van der Waals surface area contributed by atoms with Crippen LogP contribution in [0.3, 0.4) is 0 Å². The number of carbonyl (C=O) groups is 1. The van der Waals surface area contributed by atoms with E-state index >= 15 is 0 Å². The van der Waals surface area contributed by atoms with E-state index < -0.39 is 0 Å². The number of Topliss-reactive ketones (excluding diaryl/α,β-unsaturated/α-hetero) is 1. The van der Waals surface area contributed by atoms with Gasteiger partial charge in [-0.3, -0.25) is 4.79 Å². The van der Waals surface area contributed by atoms with Gasteiger partial charge in [0.25, 0.3) is 0 Å². The summed E-state index contributed by atoms with van der Waals surface area (Å²) < 4.78 is 0. The van der Waals surface area contributed by atoms with E-state index in [4.69, 9.17) is 0 Å². The van der Waals surface area contributed by atoms with Crippen LogP contribution in [0, 0.1) is 6.92 Å². The van der Waals surface area contributed by atoms with Gasteiger partial charge >= 0.3 is 0 Å². The van der Waals surface area contributed by atoms with Crippen LogP contribution in [0.15, 0.2) is 17.2 Å². The van der Waals surface area contributed by atoms with Gasteiger partial charge in [0.1, 0.15) is 10.8 Å². The van der Waals surface area contributed by atoms with Crippen molar-refractivity contribution >= 4 is 17.5 Å². The van der Waals surface area contributed by atoms with Crippen molar-refractivity contribution in [3.63, 3.8) is 0 Å². The lowest BCUT2D eigenvalue weighted by molar-refractivity contribution is -0.116. The summed E-state index contributed by atoms with van der Waals surface area (Å²) in [5.41, 5.74) is 0.889. The Morgan fingerprint density at radius 3 is 2.62 bits per heavy atom. The quantitative estimate of drug-likeness (QED) is 0.692. The van der Waals surface area contributed by atoms with E-state index in [9.17, 15) is 4.79 Å². The summed E-state index contributed by atoms with van der Waals surface area (Å²) in [6, 6.07) is 3.77. The Balaban J connectivity index is 2.64. The van der Waals surface area contributed by atoms with Crippen LogP contribution in [0.4, 0.5) is 0 Å². The second-order valence-corrected chi connectivity index (χ2v) is 4.24. The lowest BCUT2D eigenvalue weighted by Crippen LogP contribution is -2.08. The highest BCUT2D eigenvalue weighted by molar-refractivity contribution is 8.00. The van der Waals surface area contributed by atoms with Crippen LogP contribution in [0.5, 0.6) is 0 Å². The average Bonchev–Trinajstić information content (AvgIpc) is 2.08. The molecule has 0 aliphatic rings. The molecule has 1 atom stereocenters. The Hall–Kier alpha value is -0.900. The molecule has 0 spiro atoms. The maximum absolute atomic E-state index is 10.9. The summed E-state index contributed by atoms with van der Waals surface area (Å²) in [4.78, 5) is 10.9. The van der Waals surface area contributed by atoms with Crippen molar-refractivity contribution in [2.75, 3.05) is 0 Å². The molecule has 0 N–H and O–H groups in total. The van der Waals surface area contributed by atoms with Gasteiger partial charge in [-0.05, 0) is 32.9 Å². The van der Waals surface area contributed by atoms with Crippen molar-refractivity contribution in [1.29, 1.82) is 0 Å². The van der Waals surface area contributed by atoms with Gasteiger partial charge in [0, 0.05) is 0 Å². The zero-order valence-corrected chi connectivity index (χ0v) is 8.76. The first-order valence-corrected chi connectivity index (χ1v) is 4.95. The zero-order chi connectivity index (χ0) is 9.84. The molecule has 0 aromatic carbocycles. The van der Waals surface area contributed by atoms with Gasteiger partial charge in [-0.1, -0.05) is 11.8 Å². The van der Waals surface area contributed by atoms with Crippen molar-refractivity contribution in [2.45, 2.75) is 31.0 Å². The topological polar surface area (TPSA) is 42.9 Å². The van der Waals surface area contributed by atoms with Gasteiger partial charge in [-0.15, -0.1) is 5.10 Å². The molecule has 4 heteroatoms. The van der Waals surface area contributed by atoms with E-state index in [1.807, 2.05) is 26.0 Å². The van der Waals surface area contributed by atoms with Crippen molar-refractivity contribution in [3.8, 4) is 0 Å². The molecule has 1 rings (SSSR count). The molecule has 1 unspecified atom stereocenters. The maximum Gasteiger partial charge on any atom is 0.142 e. The van der Waals surface area contributed by atoms with E-state index in [1.165, 1.54) is 11.8 Å². The largest absolute Gasteiger partial charge is 0.299 e. The molecule has 0 saturated heterocycles. The first-order valence-electron chi connectivity index (χ1n) is 4.07. The summed E-state index contributed by atoms with van der Waals surface area (Å²) >= 11 is 1.44. The van der Waals surface area contributed by atoms with Crippen LogP contribution < -0.4 is 0 Å². The molecule has 0 radical (unpaired) electrons. The Morgan fingerprint density at radius 1 is 1.46 bits per heavy atom. The first kappa shape index (κ1) is 10.2. The van der Waals surface area contributed by atoms with E-state index in [0.29, 0.717) is 0 Å². The van der Waals surface area contributed by atoms with Crippen LogP contribution in [0.1, 0.15) is 19.5 Å². The molecule has 13 heavy (non-hydrogen) atoms. The number of aryl methyl sites for hydroxylation is 1. The van der Waals surface area contributed by atoms with Crippen molar-refractivity contribution in [3.05, 3.63) is 17.8 Å². The van der Waals surface area contributed by atoms with E-state index in [1.54, 1.807) is 6.92 Å². The van der Waals surface area contributed by atoms with Crippen LogP contribution in [0.2, 0.25) is 0 Å². The third kappa shape index (κ3) is 3.14. The summed E-state index contributed by atoms with van der Waals surface area (Å²) in [6.07, 6.45) is 0. The van der Waals surface area contributed by atoms with Crippen LogP contribution in [0.25, 0.3) is 0 Å². The first-order chi connectivity index (χ1) is 6.09. The normalized spacial score (nSPS) is 12.5. The van der Waals surface area contributed by atoms with Crippen molar-refractivity contribution in [2.24, 2.45) is 0 Å². The number of hydrogen-bond acceptors (Lipinski definition) is 4. The number of aromatic nitrogens is 2. The third-order valence-corrected chi connectivity index (χ3v) is 2.79. The summed E-state index contributed by atoms with van der Waals surface area (Å²) in [5, 5.41) is 8.63. The van der Waals surface area contributed by atoms with E-state index in [-0.39, 0.29) is 11.0 Å². The molecule has 1 heterocycles. The molecule has 3 nitrogen and oxygen atoms in total. The lowest BCUT2D eigenvalue weighted by atomic mass is 10.3. The molecular weight excluding hydrogens is 184 g/mol. The predicted molar refractivity (Wildman–Crippen MR) is 52.8 cm³/mol. The molecule has 0 aliphatic heterocycles. The summed E-state index contributed by atoms with van der Waals surface area (Å²) in [5.74, 6) is 0.160. The number of carbonyl (C=O) groups excluding carboxylic acids is 1. The highest BCUT2D eigenvalue weighted by Gasteiger charge is 2.09. The van der Waals surface area contributed by atoms with Crippen molar-refractivity contribution < 1.29 is 4.79 Å². The summed E-state index contributed by atoms with van der Waals surface area (Å²) in [7, 11) is 0. The molecule has 0 saturated carbocycles. The van der Waals surface area contributed by atoms with Crippen molar-refractivity contribution in [1.82, 2.24) is 10.2 Å². The fourth-order valence-corrected chi connectivity index (χ4v) is 1.48. The second kappa shape index (κ2) is 4.37. The van der Waals surface area contributed by atoms with Gasteiger partial charge in [-0.2, -0.15) is 5.10 Å². The standard InChI is InChI=1S/C9H12N2OS/c1-6-4-5-9(11-10-6)13-8(3)7(2)12/h4-5,8H,1-3H3. The molecular formula is C9H12N2OS. The van der Waals surface area contributed by atoms with Gasteiger partial charge in [0.2, 0.25) is 0 Å². The monoisotopic (exact) mass is 196 g/mol. The minimum atomic E-state index is -0.0444. The summed E-state index contributed by atoms with van der Waals surface area (Å²) in [6.45, 7) is 5.34. The molecule has 0 bridgehead atoms. The van der Waals surface area contributed by atoms with Gasteiger partial charge in [0.05, 0.1) is 10.9 Å². The average molecular weight is 196 g/mol. The minimum absolute atomic E-state index is 0.0444. The minimum Gasteiger partial charge on any atom is -0.299 e. The van der Waals surface area contributed by atoms with Crippen LogP contribution in [-0.2, 0) is 4.79 Å². The lowest BCUT2D eigenvalue weighted by Gasteiger charge is -2.04.